The second kappa shape index (κ2) is 3.73. The van der Waals surface area contributed by atoms with Crippen LogP contribution in [0.3, 0.4) is 0 Å². The number of nitrogens with two attached hydrogens (primary N) is 1. The molecule has 3 rings (SSSR count). The highest BCUT2D eigenvalue weighted by Gasteiger charge is 2.61. The summed E-state index contributed by atoms with van der Waals surface area (Å²) in [4.78, 5) is 11.9. The fourth-order valence-electron chi connectivity index (χ4n) is 4.00. The first-order valence-corrected chi connectivity index (χ1v) is 6.33. The molecule has 3 nitrogen and oxygen atoms in total. The molecule has 0 amide bonds. The average molecular weight is 225 g/mol. The van der Waals surface area contributed by atoms with Gasteiger partial charge in [0.2, 0.25) is 0 Å². The number of fused-ring (bicyclic) bond motifs is 2. The third kappa shape index (κ3) is 1.41. The van der Waals surface area contributed by atoms with E-state index < -0.39 is 0 Å². The van der Waals surface area contributed by atoms with Crippen molar-refractivity contribution in [1.82, 2.24) is 0 Å². The van der Waals surface area contributed by atoms with Crippen LogP contribution in [0.5, 0.6) is 0 Å². The Balaban J connectivity index is 2.16. The summed E-state index contributed by atoms with van der Waals surface area (Å²) in [6.07, 6.45) is 1.19. The molecule has 3 aliphatic rings. The SMILES string of the molecule is CCOC(=O)[C@@H]1[C@H](C)[C@H]2C[C@@H]([C@H]1N)C2(C)C. The van der Waals surface area contributed by atoms with Crippen molar-refractivity contribution in [2.75, 3.05) is 6.61 Å². The second-order valence-electron chi connectivity index (χ2n) is 5.98. The molecule has 5 atom stereocenters. The predicted molar refractivity (Wildman–Crippen MR) is 62.6 cm³/mol. The van der Waals surface area contributed by atoms with E-state index in [0.29, 0.717) is 29.8 Å². The number of rotatable bonds is 2. The Morgan fingerprint density at radius 3 is 2.50 bits per heavy atom. The van der Waals surface area contributed by atoms with E-state index in [2.05, 4.69) is 20.8 Å². The first-order valence-electron chi connectivity index (χ1n) is 6.33. The minimum Gasteiger partial charge on any atom is -0.466 e. The lowest BCUT2D eigenvalue weighted by Crippen LogP contribution is -2.66. The highest BCUT2D eigenvalue weighted by atomic mass is 16.5. The Morgan fingerprint density at radius 2 is 2.06 bits per heavy atom. The van der Waals surface area contributed by atoms with Gasteiger partial charge in [-0.2, -0.15) is 0 Å². The lowest BCUT2D eigenvalue weighted by Gasteiger charge is -2.64. The van der Waals surface area contributed by atoms with Gasteiger partial charge in [-0.25, -0.2) is 0 Å². The molecule has 92 valence electrons. The van der Waals surface area contributed by atoms with Gasteiger partial charge in [0.25, 0.3) is 0 Å². The summed E-state index contributed by atoms with van der Waals surface area (Å²) >= 11 is 0. The molecule has 3 saturated carbocycles. The Kier molecular flexibility index (Phi) is 2.77. The Hall–Kier alpha value is -0.570. The Bertz CT molecular complexity index is 282. The fourth-order valence-corrected chi connectivity index (χ4v) is 4.00. The molecule has 0 spiro atoms. The van der Waals surface area contributed by atoms with Gasteiger partial charge >= 0.3 is 5.97 Å². The van der Waals surface area contributed by atoms with Gasteiger partial charge in [-0.3, -0.25) is 4.79 Å². The minimum atomic E-state index is -0.0901. The highest BCUT2D eigenvalue weighted by Crippen LogP contribution is 2.62. The number of hydrogen-bond donors (Lipinski definition) is 1. The molecule has 3 aliphatic carbocycles. The lowest BCUT2D eigenvalue weighted by molar-refractivity contribution is -0.178. The molecule has 0 radical (unpaired) electrons. The summed E-state index contributed by atoms with van der Waals surface area (Å²) in [6.45, 7) is 9.02. The Labute approximate surface area is 97.7 Å². The summed E-state index contributed by atoms with van der Waals surface area (Å²) in [5, 5.41) is 0. The van der Waals surface area contributed by atoms with E-state index in [1.807, 2.05) is 6.92 Å². The molecule has 0 aliphatic heterocycles. The first kappa shape index (κ1) is 11.9. The summed E-state index contributed by atoms with van der Waals surface area (Å²) < 4.78 is 5.14. The molecule has 0 aromatic rings. The summed E-state index contributed by atoms with van der Waals surface area (Å²) in [7, 11) is 0. The number of hydrogen-bond acceptors (Lipinski definition) is 3. The van der Waals surface area contributed by atoms with Crippen LogP contribution in [0.15, 0.2) is 0 Å². The van der Waals surface area contributed by atoms with Gasteiger partial charge < -0.3 is 10.5 Å². The maximum atomic E-state index is 11.9. The molecule has 0 heterocycles. The zero-order valence-electron chi connectivity index (χ0n) is 10.7. The first-order chi connectivity index (χ1) is 7.41. The molecule has 16 heavy (non-hydrogen) atoms. The maximum Gasteiger partial charge on any atom is 0.310 e. The lowest BCUT2D eigenvalue weighted by atomic mass is 9.42. The molecule has 3 heteroatoms. The zero-order chi connectivity index (χ0) is 12.1. The molecule has 0 unspecified atom stereocenters. The number of ether oxygens (including phenoxy) is 1. The van der Waals surface area contributed by atoms with E-state index in [1.54, 1.807) is 0 Å². The van der Waals surface area contributed by atoms with Crippen LogP contribution in [0.4, 0.5) is 0 Å². The number of carbonyl (C=O) groups excluding carboxylic acids is 1. The van der Waals surface area contributed by atoms with Crippen molar-refractivity contribution >= 4 is 5.97 Å². The van der Waals surface area contributed by atoms with Gasteiger partial charge in [-0.05, 0) is 36.5 Å². The van der Waals surface area contributed by atoms with E-state index in [0.717, 1.165) is 0 Å². The molecule has 3 fully saturated rings. The van der Waals surface area contributed by atoms with E-state index in [4.69, 9.17) is 10.5 Å². The minimum absolute atomic E-state index is 0.0194. The third-order valence-corrected chi connectivity index (χ3v) is 5.06. The van der Waals surface area contributed by atoms with Crippen LogP contribution in [0.2, 0.25) is 0 Å². The quantitative estimate of drug-likeness (QED) is 0.729. The van der Waals surface area contributed by atoms with Gasteiger partial charge in [-0.15, -0.1) is 0 Å². The predicted octanol–water partition coefficient (Wildman–Crippen LogP) is 1.80. The summed E-state index contributed by atoms with van der Waals surface area (Å²) in [5.41, 5.74) is 6.56. The third-order valence-electron chi connectivity index (χ3n) is 5.06. The molecule has 0 aromatic carbocycles. The van der Waals surface area contributed by atoms with Crippen LogP contribution in [-0.4, -0.2) is 18.6 Å². The zero-order valence-corrected chi connectivity index (χ0v) is 10.7. The standard InChI is InChI=1S/C13H23NO2/c1-5-16-12(15)10-7(2)8-6-9(11(10)14)13(8,3)4/h7-11H,5-6,14H2,1-4H3/t7-,8-,9+,10-,11-/m1/s1. The normalized spacial score (nSPS) is 44.7. The van der Waals surface area contributed by atoms with Gasteiger partial charge in [0.1, 0.15) is 0 Å². The number of carbonyl (C=O) groups is 1. The van der Waals surface area contributed by atoms with Gasteiger partial charge in [0.15, 0.2) is 0 Å². The van der Waals surface area contributed by atoms with Crippen molar-refractivity contribution in [3.63, 3.8) is 0 Å². The van der Waals surface area contributed by atoms with Crippen molar-refractivity contribution in [2.24, 2.45) is 34.8 Å². The Morgan fingerprint density at radius 1 is 1.44 bits per heavy atom. The molecular weight excluding hydrogens is 202 g/mol. The average Bonchev–Trinajstić information content (AvgIpc) is 2.16. The summed E-state index contributed by atoms with van der Waals surface area (Å²) in [5.74, 6) is 1.30. The van der Waals surface area contributed by atoms with Crippen LogP contribution in [0.25, 0.3) is 0 Å². The van der Waals surface area contributed by atoms with Crippen molar-refractivity contribution in [3.05, 3.63) is 0 Å². The van der Waals surface area contributed by atoms with Crippen molar-refractivity contribution in [3.8, 4) is 0 Å². The largest absolute Gasteiger partial charge is 0.466 e. The fraction of sp³-hybridized carbons (Fsp3) is 0.923. The summed E-state index contributed by atoms with van der Waals surface area (Å²) in [6, 6.07) is -0.0194. The van der Waals surface area contributed by atoms with Crippen LogP contribution >= 0.6 is 0 Å². The van der Waals surface area contributed by atoms with Crippen LogP contribution in [-0.2, 0) is 9.53 Å². The van der Waals surface area contributed by atoms with Gasteiger partial charge in [0, 0.05) is 6.04 Å². The maximum absolute atomic E-state index is 11.9. The van der Waals surface area contributed by atoms with E-state index in [9.17, 15) is 4.79 Å². The number of esters is 1. The van der Waals surface area contributed by atoms with Crippen molar-refractivity contribution in [2.45, 2.75) is 40.2 Å². The topological polar surface area (TPSA) is 52.3 Å². The van der Waals surface area contributed by atoms with Crippen LogP contribution in [0, 0.1) is 29.1 Å². The monoisotopic (exact) mass is 225 g/mol. The van der Waals surface area contributed by atoms with Gasteiger partial charge in [0.05, 0.1) is 12.5 Å². The van der Waals surface area contributed by atoms with E-state index in [1.165, 1.54) is 6.42 Å². The van der Waals surface area contributed by atoms with Gasteiger partial charge in [-0.1, -0.05) is 20.8 Å². The van der Waals surface area contributed by atoms with E-state index in [-0.39, 0.29) is 17.9 Å². The van der Waals surface area contributed by atoms with Crippen LogP contribution in [0.1, 0.15) is 34.1 Å². The van der Waals surface area contributed by atoms with Crippen molar-refractivity contribution in [1.29, 1.82) is 0 Å². The van der Waals surface area contributed by atoms with Crippen molar-refractivity contribution < 1.29 is 9.53 Å². The van der Waals surface area contributed by atoms with E-state index >= 15 is 0 Å². The molecule has 0 saturated heterocycles. The highest BCUT2D eigenvalue weighted by molar-refractivity contribution is 5.74. The second-order valence-corrected chi connectivity index (χ2v) is 5.98. The molecule has 0 aromatic heterocycles. The van der Waals surface area contributed by atoms with Crippen LogP contribution < -0.4 is 5.73 Å². The molecular formula is C13H23NO2. The smallest absolute Gasteiger partial charge is 0.310 e. The molecule has 2 N–H and O–H groups in total. The molecule has 2 bridgehead atoms.